The third-order valence-corrected chi connectivity index (χ3v) is 3.11. The van der Waals surface area contributed by atoms with Crippen LogP contribution in [0.1, 0.15) is 23.6 Å². The first kappa shape index (κ1) is 13.5. The van der Waals surface area contributed by atoms with Gasteiger partial charge in [0.05, 0.1) is 6.61 Å². The van der Waals surface area contributed by atoms with Gasteiger partial charge in [-0.3, -0.25) is 0 Å². The van der Waals surface area contributed by atoms with Gasteiger partial charge in [0, 0.05) is 11.4 Å². The first-order chi connectivity index (χ1) is 9.10. The van der Waals surface area contributed by atoms with E-state index in [9.17, 15) is 0 Å². The minimum absolute atomic E-state index is 0.697. The lowest BCUT2D eigenvalue weighted by Crippen LogP contribution is -1.97. The summed E-state index contributed by atoms with van der Waals surface area (Å²) in [4.78, 5) is 0. The van der Waals surface area contributed by atoms with Crippen LogP contribution in [0.25, 0.3) is 0 Å². The summed E-state index contributed by atoms with van der Waals surface area (Å²) >= 11 is 0. The van der Waals surface area contributed by atoms with Gasteiger partial charge in [-0.2, -0.15) is 0 Å². The zero-order chi connectivity index (χ0) is 13.8. The van der Waals surface area contributed by atoms with Gasteiger partial charge in [-0.05, 0) is 63.1 Å². The zero-order valence-electron chi connectivity index (χ0n) is 12.1. The van der Waals surface area contributed by atoms with E-state index in [0.29, 0.717) is 6.61 Å². The van der Waals surface area contributed by atoms with Crippen molar-refractivity contribution in [1.29, 1.82) is 0 Å². The number of benzene rings is 2. The van der Waals surface area contributed by atoms with Crippen LogP contribution in [0.5, 0.6) is 5.75 Å². The Labute approximate surface area is 115 Å². The molecule has 0 unspecified atom stereocenters. The highest BCUT2D eigenvalue weighted by Crippen LogP contribution is 2.26. The summed E-state index contributed by atoms with van der Waals surface area (Å²) in [6, 6.07) is 12.5. The summed E-state index contributed by atoms with van der Waals surface area (Å²) in [5.41, 5.74) is 6.11. The van der Waals surface area contributed by atoms with Crippen molar-refractivity contribution in [3.8, 4) is 5.75 Å². The van der Waals surface area contributed by atoms with E-state index in [2.05, 4.69) is 38.2 Å². The monoisotopic (exact) mass is 255 g/mol. The highest BCUT2D eigenvalue weighted by Gasteiger charge is 2.04. The summed E-state index contributed by atoms with van der Waals surface area (Å²) in [6.45, 7) is 9.09. The predicted octanol–water partition coefficient (Wildman–Crippen LogP) is 4.75. The second-order valence-corrected chi connectivity index (χ2v) is 4.86. The summed E-state index contributed by atoms with van der Waals surface area (Å²) < 4.78 is 5.45. The Morgan fingerprint density at radius 1 is 0.947 bits per heavy atom. The maximum atomic E-state index is 5.45. The van der Waals surface area contributed by atoms with E-state index in [4.69, 9.17) is 4.74 Å². The van der Waals surface area contributed by atoms with Crippen molar-refractivity contribution in [3.63, 3.8) is 0 Å². The van der Waals surface area contributed by atoms with Crippen molar-refractivity contribution < 1.29 is 4.74 Å². The number of rotatable bonds is 4. The minimum Gasteiger partial charge on any atom is -0.494 e. The van der Waals surface area contributed by atoms with E-state index < -0.39 is 0 Å². The Morgan fingerprint density at radius 2 is 1.53 bits per heavy atom. The van der Waals surface area contributed by atoms with E-state index in [1.807, 2.05) is 31.2 Å². The lowest BCUT2D eigenvalue weighted by molar-refractivity contribution is 0.340. The van der Waals surface area contributed by atoms with Crippen LogP contribution in [0.3, 0.4) is 0 Å². The van der Waals surface area contributed by atoms with E-state index >= 15 is 0 Å². The first-order valence-electron chi connectivity index (χ1n) is 6.68. The van der Waals surface area contributed by atoms with Gasteiger partial charge in [-0.25, -0.2) is 0 Å². The number of anilines is 2. The molecule has 2 rings (SSSR count). The van der Waals surface area contributed by atoms with Gasteiger partial charge in [0.1, 0.15) is 5.75 Å². The normalized spacial score (nSPS) is 10.3. The summed E-state index contributed by atoms with van der Waals surface area (Å²) in [5, 5.41) is 3.48. The molecule has 0 heterocycles. The average Bonchev–Trinajstić information content (AvgIpc) is 2.36. The lowest BCUT2D eigenvalue weighted by Gasteiger charge is -2.14. The molecule has 0 bridgehead atoms. The van der Waals surface area contributed by atoms with Crippen LogP contribution in [0.2, 0.25) is 0 Å². The fraction of sp³-hybridized carbons (Fsp3) is 0.294. The SMILES string of the molecule is CCOc1ccc(Nc2c(C)cc(C)cc2C)cc1. The molecule has 0 saturated carbocycles. The molecule has 0 saturated heterocycles. The standard InChI is InChI=1S/C17H21NO/c1-5-19-16-8-6-15(7-9-16)18-17-13(3)10-12(2)11-14(17)4/h6-11,18H,5H2,1-4H3. The van der Waals surface area contributed by atoms with Crippen LogP contribution in [0.4, 0.5) is 11.4 Å². The van der Waals surface area contributed by atoms with E-state index in [-0.39, 0.29) is 0 Å². The molecule has 100 valence electrons. The van der Waals surface area contributed by atoms with Crippen LogP contribution in [0, 0.1) is 20.8 Å². The molecule has 0 fully saturated rings. The maximum Gasteiger partial charge on any atom is 0.119 e. The molecule has 0 aliphatic rings. The number of hydrogen-bond acceptors (Lipinski definition) is 2. The van der Waals surface area contributed by atoms with Gasteiger partial charge in [0.2, 0.25) is 0 Å². The average molecular weight is 255 g/mol. The van der Waals surface area contributed by atoms with E-state index in [0.717, 1.165) is 11.4 Å². The molecule has 0 spiro atoms. The molecular formula is C17H21NO. The van der Waals surface area contributed by atoms with Gasteiger partial charge in [-0.15, -0.1) is 0 Å². The first-order valence-corrected chi connectivity index (χ1v) is 6.68. The second kappa shape index (κ2) is 5.79. The molecule has 0 aromatic heterocycles. The Balaban J connectivity index is 2.21. The van der Waals surface area contributed by atoms with Crippen molar-refractivity contribution in [2.24, 2.45) is 0 Å². The van der Waals surface area contributed by atoms with Crippen LogP contribution in [-0.2, 0) is 0 Å². The van der Waals surface area contributed by atoms with Crippen LogP contribution >= 0.6 is 0 Å². The molecule has 1 N–H and O–H groups in total. The molecule has 0 aliphatic carbocycles. The van der Waals surface area contributed by atoms with Gasteiger partial charge >= 0.3 is 0 Å². The van der Waals surface area contributed by atoms with Crippen LogP contribution < -0.4 is 10.1 Å². The molecule has 2 aromatic carbocycles. The molecule has 0 amide bonds. The van der Waals surface area contributed by atoms with Crippen molar-refractivity contribution in [1.82, 2.24) is 0 Å². The Hall–Kier alpha value is -1.96. The number of aryl methyl sites for hydroxylation is 3. The second-order valence-electron chi connectivity index (χ2n) is 4.86. The Bertz CT molecular complexity index is 535. The number of hydrogen-bond donors (Lipinski definition) is 1. The predicted molar refractivity (Wildman–Crippen MR) is 81.5 cm³/mol. The summed E-state index contributed by atoms with van der Waals surface area (Å²) in [7, 11) is 0. The zero-order valence-corrected chi connectivity index (χ0v) is 12.1. The maximum absolute atomic E-state index is 5.45. The smallest absolute Gasteiger partial charge is 0.119 e. The molecule has 0 atom stereocenters. The third-order valence-electron chi connectivity index (χ3n) is 3.11. The summed E-state index contributed by atoms with van der Waals surface area (Å²) in [5.74, 6) is 0.908. The molecular weight excluding hydrogens is 234 g/mol. The summed E-state index contributed by atoms with van der Waals surface area (Å²) in [6.07, 6.45) is 0. The minimum atomic E-state index is 0.697. The Kier molecular flexibility index (Phi) is 4.10. The fourth-order valence-electron chi connectivity index (χ4n) is 2.32. The largest absolute Gasteiger partial charge is 0.494 e. The van der Waals surface area contributed by atoms with Gasteiger partial charge in [0.25, 0.3) is 0 Å². The quantitative estimate of drug-likeness (QED) is 0.851. The molecule has 2 nitrogen and oxygen atoms in total. The number of ether oxygens (including phenoxy) is 1. The van der Waals surface area contributed by atoms with Gasteiger partial charge in [0.15, 0.2) is 0 Å². The molecule has 0 aliphatic heterocycles. The molecule has 2 heteroatoms. The van der Waals surface area contributed by atoms with Gasteiger partial charge < -0.3 is 10.1 Å². The fourth-order valence-corrected chi connectivity index (χ4v) is 2.32. The molecule has 2 aromatic rings. The number of nitrogens with one attached hydrogen (secondary N) is 1. The Morgan fingerprint density at radius 3 is 2.05 bits per heavy atom. The van der Waals surface area contributed by atoms with Crippen molar-refractivity contribution >= 4 is 11.4 Å². The van der Waals surface area contributed by atoms with E-state index in [1.165, 1.54) is 22.4 Å². The van der Waals surface area contributed by atoms with Crippen molar-refractivity contribution in [3.05, 3.63) is 53.1 Å². The highest BCUT2D eigenvalue weighted by molar-refractivity contribution is 5.67. The molecule has 0 radical (unpaired) electrons. The van der Waals surface area contributed by atoms with Crippen LogP contribution in [-0.4, -0.2) is 6.61 Å². The van der Waals surface area contributed by atoms with Crippen LogP contribution in [0.15, 0.2) is 36.4 Å². The lowest BCUT2D eigenvalue weighted by atomic mass is 10.0. The third kappa shape index (κ3) is 3.28. The topological polar surface area (TPSA) is 21.3 Å². The van der Waals surface area contributed by atoms with Crippen molar-refractivity contribution in [2.75, 3.05) is 11.9 Å². The van der Waals surface area contributed by atoms with E-state index in [1.54, 1.807) is 0 Å². The van der Waals surface area contributed by atoms with Gasteiger partial charge in [-0.1, -0.05) is 17.7 Å². The highest BCUT2D eigenvalue weighted by atomic mass is 16.5. The van der Waals surface area contributed by atoms with Crippen molar-refractivity contribution in [2.45, 2.75) is 27.7 Å². The molecule has 19 heavy (non-hydrogen) atoms.